The van der Waals surface area contributed by atoms with Crippen LogP contribution in [-0.2, 0) is 11.3 Å². The van der Waals surface area contributed by atoms with E-state index in [4.69, 9.17) is 5.73 Å². The molecule has 1 saturated heterocycles. The predicted molar refractivity (Wildman–Crippen MR) is 81.9 cm³/mol. The summed E-state index contributed by atoms with van der Waals surface area (Å²) in [5, 5.41) is 2.70. The van der Waals surface area contributed by atoms with Crippen molar-refractivity contribution in [1.29, 1.82) is 0 Å². The third-order valence-corrected chi connectivity index (χ3v) is 3.72. The molecule has 2 amide bonds. The monoisotopic (exact) mass is 292 g/mol. The molecule has 0 atom stereocenters. The summed E-state index contributed by atoms with van der Waals surface area (Å²) in [7, 11) is 0. The summed E-state index contributed by atoms with van der Waals surface area (Å²) in [4.78, 5) is 26.0. The van der Waals surface area contributed by atoms with Gasteiger partial charge in [-0.25, -0.2) is 0 Å². The molecule has 3 N–H and O–H groups in total. The Bertz CT molecular complexity index is 504. The normalized spacial score (nSPS) is 15.0. The minimum absolute atomic E-state index is 0.00961. The van der Waals surface area contributed by atoms with Crippen LogP contribution >= 0.6 is 0 Å². The maximum atomic E-state index is 12.2. The molecule has 1 fully saturated rings. The number of nitrogen functional groups attached to an aromatic ring is 1. The summed E-state index contributed by atoms with van der Waals surface area (Å²) < 4.78 is 1.83. The van der Waals surface area contributed by atoms with Crippen LogP contribution in [0.5, 0.6) is 0 Å². The molecular weight excluding hydrogens is 268 g/mol. The molecular formula is C15H24N4O2. The Hall–Kier alpha value is -1.98. The topological polar surface area (TPSA) is 80.4 Å². The van der Waals surface area contributed by atoms with Gasteiger partial charge in [-0.2, -0.15) is 0 Å². The van der Waals surface area contributed by atoms with E-state index in [2.05, 4.69) is 5.32 Å². The maximum absolute atomic E-state index is 12.2. The van der Waals surface area contributed by atoms with E-state index in [1.807, 2.05) is 16.4 Å². The van der Waals surface area contributed by atoms with E-state index in [0.717, 1.165) is 38.9 Å². The zero-order valence-corrected chi connectivity index (χ0v) is 12.6. The van der Waals surface area contributed by atoms with Crippen molar-refractivity contribution in [3.63, 3.8) is 0 Å². The second kappa shape index (κ2) is 7.15. The first-order chi connectivity index (χ1) is 10.1. The number of anilines is 1. The quantitative estimate of drug-likeness (QED) is 0.856. The molecule has 6 nitrogen and oxygen atoms in total. The van der Waals surface area contributed by atoms with Crippen LogP contribution in [0.3, 0.4) is 0 Å². The molecule has 0 bridgehead atoms. The average molecular weight is 292 g/mol. The largest absolute Gasteiger partial charge is 0.397 e. The van der Waals surface area contributed by atoms with E-state index in [-0.39, 0.29) is 18.4 Å². The lowest BCUT2D eigenvalue weighted by Gasteiger charge is -2.26. The molecule has 0 saturated carbocycles. The van der Waals surface area contributed by atoms with Crippen molar-refractivity contribution < 1.29 is 9.59 Å². The van der Waals surface area contributed by atoms with Gasteiger partial charge in [-0.1, -0.05) is 6.92 Å². The van der Waals surface area contributed by atoms with Gasteiger partial charge in [0.2, 0.25) is 5.91 Å². The van der Waals surface area contributed by atoms with Gasteiger partial charge in [0, 0.05) is 25.8 Å². The third-order valence-electron chi connectivity index (χ3n) is 3.72. The van der Waals surface area contributed by atoms with Gasteiger partial charge in [0.05, 0.1) is 12.2 Å². The van der Waals surface area contributed by atoms with E-state index in [0.29, 0.717) is 11.4 Å². The number of likely N-dealkylation sites (tertiary alicyclic amines) is 1. The fourth-order valence-corrected chi connectivity index (χ4v) is 2.65. The number of hydrogen-bond acceptors (Lipinski definition) is 3. The molecule has 2 heterocycles. The zero-order chi connectivity index (χ0) is 15.2. The molecule has 1 aromatic rings. The Kier molecular flexibility index (Phi) is 5.25. The van der Waals surface area contributed by atoms with Crippen LogP contribution in [0.2, 0.25) is 0 Å². The SMILES string of the molecule is CCCn1cc(N)cc1C(=O)NCC(=O)N1CCCCC1. The smallest absolute Gasteiger partial charge is 0.268 e. The van der Waals surface area contributed by atoms with Crippen molar-refractivity contribution in [2.24, 2.45) is 0 Å². The van der Waals surface area contributed by atoms with Crippen LogP contribution in [0.1, 0.15) is 43.1 Å². The number of nitrogens with zero attached hydrogens (tertiary/aromatic N) is 2. The van der Waals surface area contributed by atoms with Gasteiger partial charge in [0.25, 0.3) is 5.91 Å². The average Bonchev–Trinajstić information content (AvgIpc) is 2.86. The van der Waals surface area contributed by atoms with Gasteiger partial charge < -0.3 is 20.5 Å². The highest BCUT2D eigenvalue weighted by molar-refractivity contribution is 5.96. The highest BCUT2D eigenvalue weighted by Gasteiger charge is 2.18. The lowest BCUT2D eigenvalue weighted by atomic mass is 10.1. The number of aromatic nitrogens is 1. The van der Waals surface area contributed by atoms with E-state index < -0.39 is 0 Å². The summed E-state index contributed by atoms with van der Waals surface area (Å²) in [6.45, 7) is 4.43. The molecule has 1 aliphatic rings. The minimum Gasteiger partial charge on any atom is -0.397 e. The maximum Gasteiger partial charge on any atom is 0.268 e. The number of aryl methyl sites for hydroxylation is 1. The van der Waals surface area contributed by atoms with Crippen LogP contribution in [0.15, 0.2) is 12.3 Å². The number of amides is 2. The molecule has 6 heteroatoms. The third kappa shape index (κ3) is 4.00. The number of nitrogens with two attached hydrogens (primary N) is 1. The van der Waals surface area contributed by atoms with Gasteiger partial charge >= 0.3 is 0 Å². The predicted octanol–water partition coefficient (Wildman–Crippen LogP) is 1.22. The Labute approximate surface area is 125 Å². The first-order valence-electron chi connectivity index (χ1n) is 7.63. The first kappa shape index (κ1) is 15.4. The van der Waals surface area contributed by atoms with Gasteiger partial charge in [0.1, 0.15) is 5.69 Å². The van der Waals surface area contributed by atoms with Gasteiger partial charge in [-0.15, -0.1) is 0 Å². The number of piperidine rings is 1. The molecule has 2 rings (SSSR count). The standard InChI is InChI=1S/C15H24N4O2/c1-2-6-19-11-12(16)9-13(19)15(21)17-10-14(20)18-7-4-3-5-8-18/h9,11H,2-8,10,16H2,1H3,(H,17,21). The van der Waals surface area contributed by atoms with E-state index >= 15 is 0 Å². The summed E-state index contributed by atoms with van der Waals surface area (Å²) in [6.07, 6.45) is 5.96. The second-order valence-corrected chi connectivity index (χ2v) is 5.48. The highest BCUT2D eigenvalue weighted by Crippen LogP contribution is 2.12. The van der Waals surface area contributed by atoms with Crippen LogP contribution in [0.25, 0.3) is 0 Å². The summed E-state index contributed by atoms with van der Waals surface area (Å²) in [6, 6.07) is 1.65. The Morgan fingerprint density at radius 3 is 2.67 bits per heavy atom. The summed E-state index contributed by atoms with van der Waals surface area (Å²) in [5.74, 6) is -0.255. The van der Waals surface area contributed by atoms with Crippen LogP contribution < -0.4 is 11.1 Å². The van der Waals surface area contributed by atoms with Crippen molar-refractivity contribution in [3.05, 3.63) is 18.0 Å². The van der Waals surface area contributed by atoms with E-state index in [9.17, 15) is 9.59 Å². The number of carbonyl (C=O) groups excluding carboxylic acids is 2. The number of carbonyl (C=O) groups is 2. The Balaban J connectivity index is 1.90. The fourth-order valence-electron chi connectivity index (χ4n) is 2.65. The van der Waals surface area contributed by atoms with Crippen molar-refractivity contribution in [1.82, 2.24) is 14.8 Å². The van der Waals surface area contributed by atoms with Gasteiger partial charge in [0.15, 0.2) is 0 Å². The molecule has 0 spiro atoms. The molecule has 1 aromatic heterocycles. The molecule has 0 unspecified atom stereocenters. The first-order valence-corrected chi connectivity index (χ1v) is 7.63. The zero-order valence-electron chi connectivity index (χ0n) is 12.6. The molecule has 0 aliphatic carbocycles. The molecule has 0 radical (unpaired) electrons. The van der Waals surface area contributed by atoms with Crippen molar-refractivity contribution in [2.75, 3.05) is 25.4 Å². The second-order valence-electron chi connectivity index (χ2n) is 5.48. The fraction of sp³-hybridized carbons (Fsp3) is 0.600. The number of nitrogens with one attached hydrogen (secondary N) is 1. The van der Waals surface area contributed by atoms with Crippen LogP contribution in [0.4, 0.5) is 5.69 Å². The van der Waals surface area contributed by atoms with Crippen LogP contribution in [-0.4, -0.2) is 40.9 Å². The summed E-state index contributed by atoms with van der Waals surface area (Å²) in [5.41, 5.74) is 6.82. The molecule has 21 heavy (non-hydrogen) atoms. The van der Waals surface area contributed by atoms with Gasteiger partial charge in [-0.3, -0.25) is 9.59 Å². The summed E-state index contributed by atoms with van der Waals surface area (Å²) >= 11 is 0. The van der Waals surface area contributed by atoms with Crippen LogP contribution in [0, 0.1) is 0 Å². The Morgan fingerprint density at radius 2 is 2.00 bits per heavy atom. The molecule has 116 valence electrons. The highest BCUT2D eigenvalue weighted by atomic mass is 16.2. The minimum atomic E-state index is -0.245. The molecule has 1 aliphatic heterocycles. The molecule has 0 aromatic carbocycles. The lowest BCUT2D eigenvalue weighted by molar-refractivity contribution is -0.130. The van der Waals surface area contributed by atoms with E-state index in [1.54, 1.807) is 12.3 Å². The number of rotatable bonds is 5. The van der Waals surface area contributed by atoms with E-state index in [1.165, 1.54) is 6.42 Å². The number of hydrogen-bond donors (Lipinski definition) is 2. The Morgan fingerprint density at radius 1 is 1.29 bits per heavy atom. The van der Waals surface area contributed by atoms with Crippen molar-refractivity contribution in [2.45, 2.75) is 39.2 Å². The van der Waals surface area contributed by atoms with Gasteiger partial charge in [-0.05, 0) is 31.7 Å². The van der Waals surface area contributed by atoms with Crippen molar-refractivity contribution >= 4 is 17.5 Å². The van der Waals surface area contributed by atoms with Crippen molar-refractivity contribution in [3.8, 4) is 0 Å². The lowest BCUT2D eigenvalue weighted by Crippen LogP contribution is -2.42.